The smallest absolute Gasteiger partial charge is 0.255 e. The van der Waals surface area contributed by atoms with Gasteiger partial charge < -0.3 is 9.64 Å². The van der Waals surface area contributed by atoms with Gasteiger partial charge in [0, 0.05) is 16.0 Å². The van der Waals surface area contributed by atoms with Crippen LogP contribution in [0, 0.1) is 11.3 Å². The van der Waals surface area contributed by atoms with Crippen molar-refractivity contribution >= 4 is 33.4 Å². The average Bonchev–Trinajstić information content (AvgIpc) is 2.38. The van der Waals surface area contributed by atoms with Gasteiger partial charge in [0.2, 0.25) is 0 Å². The molecule has 0 radical (unpaired) electrons. The first-order valence-electron chi connectivity index (χ1n) is 5.37. The fraction of sp³-hybridized carbons (Fsp3) is 0.333. The summed E-state index contributed by atoms with van der Waals surface area (Å²) in [7, 11) is 0. The molecule has 1 heterocycles. The molecule has 1 amide bonds. The highest BCUT2D eigenvalue weighted by Gasteiger charge is 2.25. The summed E-state index contributed by atoms with van der Waals surface area (Å²) in [5.74, 6) is -0.123. The van der Waals surface area contributed by atoms with Crippen LogP contribution in [0.2, 0.25) is 5.02 Å². The third-order valence-electron chi connectivity index (χ3n) is 2.66. The maximum absolute atomic E-state index is 12.3. The Hall–Kier alpha value is -1.09. The Bertz CT molecular complexity index is 515. The van der Waals surface area contributed by atoms with E-state index in [9.17, 15) is 4.79 Å². The van der Waals surface area contributed by atoms with Crippen molar-refractivity contribution in [3.63, 3.8) is 0 Å². The van der Waals surface area contributed by atoms with E-state index in [1.807, 2.05) is 6.07 Å². The van der Waals surface area contributed by atoms with Crippen LogP contribution in [0.1, 0.15) is 10.4 Å². The minimum absolute atomic E-state index is 0.123. The summed E-state index contributed by atoms with van der Waals surface area (Å²) in [5, 5.41) is 9.38. The number of nitriles is 1. The lowest BCUT2D eigenvalue weighted by atomic mass is 10.2. The monoisotopic (exact) mass is 328 g/mol. The Kier molecular flexibility index (Phi) is 4.23. The van der Waals surface area contributed by atoms with E-state index in [0.717, 1.165) is 0 Å². The summed E-state index contributed by atoms with van der Waals surface area (Å²) in [6.07, 6.45) is -0.547. The van der Waals surface area contributed by atoms with Gasteiger partial charge in [-0.3, -0.25) is 4.79 Å². The number of morpholine rings is 1. The van der Waals surface area contributed by atoms with Crippen molar-refractivity contribution in [2.45, 2.75) is 6.10 Å². The van der Waals surface area contributed by atoms with Gasteiger partial charge in [-0.25, -0.2) is 0 Å². The second-order valence-corrected chi connectivity index (χ2v) is 5.15. The van der Waals surface area contributed by atoms with E-state index >= 15 is 0 Å². The maximum atomic E-state index is 12.3. The molecular weight excluding hydrogens is 320 g/mol. The van der Waals surface area contributed by atoms with Crippen LogP contribution in [0.4, 0.5) is 0 Å². The van der Waals surface area contributed by atoms with Crippen LogP contribution in [0.5, 0.6) is 0 Å². The Morgan fingerprint density at radius 2 is 2.39 bits per heavy atom. The van der Waals surface area contributed by atoms with Gasteiger partial charge in [-0.05, 0) is 34.1 Å². The quantitative estimate of drug-likeness (QED) is 0.795. The molecule has 1 fully saturated rings. The second kappa shape index (κ2) is 5.70. The molecule has 1 aliphatic rings. The van der Waals surface area contributed by atoms with Gasteiger partial charge in [-0.1, -0.05) is 11.6 Å². The molecule has 1 aliphatic heterocycles. The molecule has 1 aromatic carbocycles. The molecule has 1 aromatic rings. The fourth-order valence-corrected chi connectivity index (χ4v) is 2.60. The zero-order chi connectivity index (χ0) is 13.1. The number of benzene rings is 1. The number of hydrogen-bond acceptors (Lipinski definition) is 3. The van der Waals surface area contributed by atoms with Gasteiger partial charge in [0.05, 0.1) is 24.8 Å². The van der Waals surface area contributed by atoms with Gasteiger partial charge in [0.15, 0.2) is 6.10 Å². The van der Waals surface area contributed by atoms with Crippen LogP contribution in [-0.2, 0) is 4.74 Å². The summed E-state index contributed by atoms with van der Waals surface area (Å²) in [6.45, 7) is 1.17. The topological polar surface area (TPSA) is 53.3 Å². The van der Waals surface area contributed by atoms with E-state index in [4.69, 9.17) is 21.6 Å². The molecule has 0 bridgehead atoms. The summed E-state index contributed by atoms with van der Waals surface area (Å²) < 4.78 is 5.86. The first-order valence-corrected chi connectivity index (χ1v) is 6.54. The number of amides is 1. The molecule has 0 aliphatic carbocycles. The first-order chi connectivity index (χ1) is 8.61. The van der Waals surface area contributed by atoms with Crippen molar-refractivity contribution in [2.75, 3.05) is 19.7 Å². The summed E-state index contributed by atoms with van der Waals surface area (Å²) in [6, 6.07) is 7.03. The van der Waals surface area contributed by atoms with Crippen molar-refractivity contribution in [2.24, 2.45) is 0 Å². The molecule has 94 valence electrons. The highest BCUT2D eigenvalue weighted by atomic mass is 79.9. The second-order valence-electron chi connectivity index (χ2n) is 3.86. The van der Waals surface area contributed by atoms with Crippen molar-refractivity contribution in [3.05, 3.63) is 33.3 Å². The lowest BCUT2D eigenvalue weighted by Gasteiger charge is -2.30. The Morgan fingerprint density at radius 3 is 3.06 bits per heavy atom. The van der Waals surface area contributed by atoms with Crippen LogP contribution < -0.4 is 0 Å². The minimum atomic E-state index is -0.547. The van der Waals surface area contributed by atoms with Crippen LogP contribution in [0.15, 0.2) is 22.7 Å². The Morgan fingerprint density at radius 1 is 1.61 bits per heavy atom. The van der Waals surface area contributed by atoms with Crippen LogP contribution in [0.25, 0.3) is 0 Å². The third kappa shape index (κ3) is 2.83. The molecule has 0 spiro atoms. The molecule has 1 unspecified atom stereocenters. The number of hydrogen-bond donors (Lipinski definition) is 0. The lowest BCUT2D eigenvalue weighted by molar-refractivity contribution is 0.00342. The molecule has 2 rings (SSSR count). The lowest BCUT2D eigenvalue weighted by Crippen LogP contribution is -2.45. The normalized spacial score (nSPS) is 19.4. The number of nitrogens with zero attached hydrogens (tertiary/aromatic N) is 2. The summed E-state index contributed by atoms with van der Waals surface area (Å²) >= 11 is 9.15. The Balaban J connectivity index is 2.18. The molecule has 4 nitrogen and oxygen atoms in total. The summed E-state index contributed by atoms with van der Waals surface area (Å²) in [5.41, 5.74) is 0.540. The van der Waals surface area contributed by atoms with Crippen molar-refractivity contribution in [1.82, 2.24) is 4.90 Å². The van der Waals surface area contributed by atoms with Gasteiger partial charge in [0.25, 0.3) is 5.91 Å². The van der Waals surface area contributed by atoms with E-state index in [0.29, 0.717) is 34.8 Å². The molecule has 0 N–H and O–H groups in total. The first kappa shape index (κ1) is 13.3. The maximum Gasteiger partial charge on any atom is 0.255 e. The molecule has 1 saturated heterocycles. The van der Waals surface area contributed by atoms with E-state index in [1.165, 1.54) is 0 Å². The van der Waals surface area contributed by atoms with Crippen LogP contribution in [0.3, 0.4) is 0 Å². The molecular formula is C12H10BrClN2O2. The number of halogens is 2. The highest BCUT2D eigenvalue weighted by Crippen LogP contribution is 2.23. The zero-order valence-corrected chi connectivity index (χ0v) is 11.7. The minimum Gasteiger partial charge on any atom is -0.360 e. The van der Waals surface area contributed by atoms with E-state index < -0.39 is 6.10 Å². The summed E-state index contributed by atoms with van der Waals surface area (Å²) in [4.78, 5) is 13.9. The fourth-order valence-electron chi connectivity index (χ4n) is 1.75. The molecule has 1 atom stereocenters. The molecule has 6 heteroatoms. The zero-order valence-electron chi connectivity index (χ0n) is 9.40. The van der Waals surface area contributed by atoms with Gasteiger partial charge in [0.1, 0.15) is 0 Å². The Labute approximate surface area is 118 Å². The largest absolute Gasteiger partial charge is 0.360 e. The van der Waals surface area contributed by atoms with Crippen LogP contribution >= 0.6 is 27.5 Å². The standard InChI is InChI=1S/C12H10BrClN2O2/c13-11-5-8(14)1-2-10(11)12(17)16-3-4-18-9(6-15)7-16/h1-2,5,9H,3-4,7H2. The molecule has 0 aromatic heterocycles. The molecule has 18 heavy (non-hydrogen) atoms. The SMILES string of the molecule is N#CC1CN(C(=O)c2ccc(Cl)cc2Br)CCO1. The van der Waals surface area contributed by atoms with Crippen molar-refractivity contribution in [1.29, 1.82) is 5.26 Å². The predicted molar refractivity (Wildman–Crippen MR) is 70.4 cm³/mol. The average molecular weight is 330 g/mol. The van der Waals surface area contributed by atoms with Gasteiger partial charge >= 0.3 is 0 Å². The van der Waals surface area contributed by atoms with Gasteiger partial charge in [-0.2, -0.15) is 5.26 Å². The highest BCUT2D eigenvalue weighted by molar-refractivity contribution is 9.10. The number of ether oxygens (including phenoxy) is 1. The van der Waals surface area contributed by atoms with Crippen LogP contribution in [-0.4, -0.2) is 36.6 Å². The number of carbonyl (C=O) groups is 1. The number of rotatable bonds is 1. The molecule has 0 saturated carbocycles. The van der Waals surface area contributed by atoms with Crippen molar-refractivity contribution < 1.29 is 9.53 Å². The van der Waals surface area contributed by atoms with E-state index in [2.05, 4.69) is 15.9 Å². The van der Waals surface area contributed by atoms with Crippen molar-refractivity contribution in [3.8, 4) is 6.07 Å². The van der Waals surface area contributed by atoms with E-state index in [1.54, 1.807) is 23.1 Å². The van der Waals surface area contributed by atoms with Gasteiger partial charge in [-0.15, -0.1) is 0 Å². The predicted octanol–water partition coefficient (Wildman–Crippen LogP) is 2.47. The third-order valence-corrected chi connectivity index (χ3v) is 3.55. The van der Waals surface area contributed by atoms with E-state index in [-0.39, 0.29) is 5.91 Å². The number of carbonyl (C=O) groups excluding carboxylic acids is 1.